The molecule has 11 heteroatoms. The summed E-state index contributed by atoms with van der Waals surface area (Å²) in [6.45, 7) is 3.16. The third kappa shape index (κ3) is 5.62. The Labute approximate surface area is 216 Å². The number of rotatable bonds is 5. The molecule has 2 aromatic carbocycles. The van der Waals surface area contributed by atoms with Crippen molar-refractivity contribution in [3.8, 4) is 0 Å². The monoisotopic (exact) mass is 527 g/mol. The van der Waals surface area contributed by atoms with Gasteiger partial charge in [-0.05, 0) is 48.6 Å². The number of nitrogens with one attached hydrogen (secondary N) is 2. The number of thioether (sulfide) groups is 1. The molecule has 5 rings (SSSR count). The van der Waals surface area contributed by atoms with Gasteiger partial charge in [0.25, 0.3) is 5.91 Å². The van der Waals surface area contributed by atoms with Crippen molar-refractivity contribution in [3.63, 3.8) is 0 Å². The summed E-state index contributed by atoms with van der Waals surface area (Å²) >= 11 is 7.97. The Bertz CT molecular complexity index is 1270. The van der Waals surface area contributed by atoms with Crippen molar-refractivity contribution in [3.05, 3.63) is 76.7 Å². The van der Waals surface area contributed by atoms with Crippen LogP contribution in [-0.2, 0) is 14.3 Å². The van der Waals surface area contributed by atoms with Crippen LogP contribution in [0, 0.1) is 5.82 Å². The Morgan fingerprint density at radius 3 is 2.69 bits per heavy atom. The molecule has 0 spiro atoms. The summed E-state index contributed by atoms with van der Waals surface area (Å²) in [7, 11) is 0. The van der Waals surface area contributed by atoms with E-state index in [1.54, 1.807) is 35.3 Å². The third-order valence-electron chi connectivity index (χ3n) is 5.78. The van der Waals surface area contributed by atoms with Gasteiger partial charge in [0.2, 0.25) is 5.91 Å². The van der Waals surface area contributed by atoms with Crippen LogP contribution in [0.5, 0.6) is 0 Å². The van der Waals surface area contributed by atoms with Crippen LogP contribution in [0.2, 0.25) is 5.02 Å². The Kier molecular flexibility index (Phi) is 7.38. The maximum absolute atomic E-state index is 13.2. The van der Waals surface area contributed by atoms with E-state index in [0.29, 0.717) is 45.8 Å². The zero-order chi connectivity index (χ0) is 25.1. The van der Waals surface area contributed by atoms with Crippen LogP contribution in [0.25, 0.3) is 5.57 Å². The minimum absolute atomic E-state index is 0.139. The smallest absolute Gasteiger partial charge is 0.255 e. The fraction of sp³-hybridized carbons (Fsp3) is 0.240. The predicted molar refractivity (Wildman–Crippen MR) is 138 cm³/mol. The number of carbonyl (C=O) groups is 2. The number of halogens is 2. The van der Waals surface area contributed by atoms with Gasteiger partial charge >= 0.3 is 0 Å². The number of benzene rings is 2. The Morgan fingerprint density at radius 1 is 1.17 bits per heavy atom. The van der Waals surface area contributed by atoms with Crippen LogP contribution in [0.3, 0.4) is 0 Å². The minimum Gasteiger partial charge on any atom is -0.379 e. The van der Waals surface area contributed by atoms with Gasteiger partial charge in [-0.25, -0.2) is 9.40 Å². The topological polar surface area (TPSA) is 86.3 Å². The van der Waals surface area contributed by atoms with E-state index in [0.717, 1.165) is 18.0 Å². The molecule has 0 bridgehead atoms. The molecule has 3 aliphatic heterocycles. The van der Waals surface area contributed by atoms with Gasteiger partial charge in [-0.15, -0.1) is 0 Å². The van der Waals surface area contributed by atoms with E-state index in [2.05, 4.69) is 15.7 Å². The second-order valence-electron chi connectivity index (χ2n) is 8.28. The summed E-state index contributed by atoms with van der Waals surface area (Å²) in [4.78, 5) is 28.1. The molecular weight excluding hydrogens is 505 g/mol. The summed E-state index contributed by atoms with van der Waals surface area (Å²) in [6, 6.07) is 11.3. The van der Waals surface area contributed by atoms with Crippen LogP contribution < -0.4 is 10.6 Å². The zero-order valence-corrected chi connectivity index (χ0v) is 20.7. The van der Waals surface area contributed by atoms with Crippen LogP contribution in [-0.4, -0.2) is 66.3 Å². The molecule has 0 atom stereocenters. The molecule has 8 nitrogen and oxygen atoms in total. The molecule has 1 saturated heterocycles. The quantitative estimate of drug-likeness (QED) is 0.619. The predicted octanol–water partition coefficient (Wildman–Crippen LogP) is 3.53. The first-order valence-electron chi connectivity index (χ1n) is 11.4. The molecule has 2 N–H and O–H groups in total. The van der Waals surface area contributed by atoms with Gasteiger partial charge in [-0.1, -0.05) is 29.4 Å². The maximum Gasteiger partial charge on any atom is 0.255 e. The van der Waals surface area contributed by atoms with E-state index in [1.807, 2.05) is 17.1 Å². The molecule has 3 heterocycles. The second-order valence-corrected chi connectivity index (χ2v) is 9.78. The first kappa shape index (κ1) is 24.5. The maximum atomic E-state index is 13.2. The van der Waals surface area contributed by atoms with Crippen molar-refractivity contribution >= 4 is 51.5 Å². The number of hydrazone groups is 1. The number of amides is 2. The number of anilines is 1. The number of morpholine rings is 1. The van der Waals surface area contributed by atoms with E-state index < -0.39 is 0 Å². The summed E-state index contributed by atoms with van der Waals surface area (Å²) in [5.41, 5.74) is 2.10. The first-order valence-corrected chi connectivity index (χ1v) is 12.6. The van der Waals surface area contributed by atoms with Gasteiger partial charge in [0.15, 0.2) is 0 Å². The van der Waals surface area contributed by atoms with Crippen LogP contribution >= 0.6 is 23.4 Å². The molecule has 0 radical (unpaired) electrons. The van der Waals surface area contributed by atoms with E-state index in [9.17, 15) is 14.0 Å². The highest BCUT2D eigenvalue weighted by molar-refractivity contribution is 8.14. The highest BCUT2D eigenvalue weighted by atomic mass is 35.5. The molecule has 2 aromatic rings. The molecule has 3 aliphatic rings. The van der Waals surface area contributed by atoms with Gasteiger partial charge in [0.05, 0.1) is 36.1 Å². The molecule has 186 valence electrons. The molecule has 36 heavy (non-hydrogen) atoms. The van der Waals surface area contributed by atoms with Crippen molar-refractivity contribution in [2.75, 3.05) is 44.8 Å². The Hall–Kier alpha value is -3.18. The van der Waals surface area contributed by atoms with Crippen molar-refractivity contribution < 1.29 is 18.7 Å². The number of allylic oxidation sites excluding steroid dienone is 1. The van der Waals surface area contributed by atoms with Crippen molar-refractivity contribution in [1.82, 2.24) is 15.2 Å². The van der Waals surface area contributed by atoms with Crippen LogP contribution in [0.4, 0.5) is 10.1 Å². The Morgan fingerprint density at radius 2 is 1.94 bits per heavy atom. The van der Waals surface area contributed by atoms with Crippen LogP contribution in [0.1, 0.15) is 5.56 Å². The van der Waals surface area contributed by atoms with Crippen LogP contribution in [0.15, 0.2) is 70.3 Å². The van der Waals surface area contributed by atoms with Crippen molar-refractivity contribution in [2.24, 2.45) is 5.10 Å². The van der Waals surface area contributed by atoms with Gasteiger partial charge in [0, 0.05) is 29.2 Å². The fourth-order valence-corrected chi connectivity index (χ4v) is 5.09. The van der Waals surface area contributed by atoms with Gasteiger partial charge in [0.1, 0.15) is 17.5 Å². The minimum atomic E-state index is -0.298. The summed E-state index contributed by atoms with van der Waals surface area (Å²) in [5.74, 6) is -0.699. The number of hydrogen-bond donors (Lipinski definition) is 2. The lowest BCUT2D eigenvalue weighted by Crippen LogP contribution is -2.42. The number of carbonyl (C=O) groups excluding carboxylic acids is 2. The molecule has 1 fully saturated rings. The average Bonchev–Trinajstić information content (AvgIpc) is 2.87. The van der Waals surface area contributed by atoms with Crippen molar-refractivity contribution in [2.45, 2.75) is 4.90 Å². The zero-order valence-electron chi connectivity index (χ0n) is 19.2. The molecule has 0 saturated carbocycles. The van der Waals surface area contributed by atoms with Crippen molar-refractivity contribution in [1.29, 1.82) is 0 Å². The van der Waals surface area contributed by atoms with Gasteiger partial charge < -0.3 is 15.4 Å². The second kappa shape index (κ2) is 10.8. The summed E-state index contributed by atoms with van der Waals surface area (Å²) in [6.07, 6.45) is 3.63. The number of fused-ring (bicyclic) bond motifs is 1. The number of ether oxygens (including phenoxy) is 1. The number of nitrogens with zero attached hydrogens (tertiary/aromatic N) is 3. The first-order chi connectivity index (χ1) is 17.5. The third-order valence-corrected chi connectivity index (χ3v) is 7.03. The van der Waals surface area contributed by atoms with E-state index in [4.69, 9.17) is 16.3 Å². The average molecular weight is 528 g/mol. The van der Waals surface area contributed by atoms with Gasteiger partial charge in [-0.2, -0.15) is 5.10 Å². The highest BCUT2D eigenvalue weighted by Crippen LogP contribution is 2.34. The lowest BCUT2D eigenvalue weighted by Gasteiger charge is -2.31. The normalized spacial score (nSPS) is 18.0. The fourth-order valence-electron chi connectivity index (χ4n) is 4.02. The summed E-state index contributed by atoms with van der Waals surface area (Å²) < 4.78 is 18.5. The lowest BCUT2D eigenvalue weighted by molar-refractivity contribution is -0.118. The van der Waals surface area contributed by atoms with E-state index in [1.165, 1.54) is 23.9 Å². The van der Waals surface area contributed by atoms with E-state index >= 15 is 0 Å². The Balaban J connectivity index is 1.33. The SMILES string of the molecule is O=C(CN1CCOCC1)Nc1ccc(C2=C3C=CC(Sc4ccc(F)cc4)=NN3CNC2=O)c(Cl)c1. The highest BCUT2D eigenvalue weighted by Gasteiger charge is 2.29. The molecule has 0 aromatic heterocycles. The standard InChI is InChI=1S/C25H23ClFN5O3S/c26-20-13-17(29-22(33)14-31-9-11-35-12-10-31)3-6-19(20)24-21-7-8-23(30-32(21)15-28-25(24)34)36-18-4-1-16(27)2-5-18/h1-8,13H,9-12,14-15H2,(H,28,34)(H,29,33). The summed E-state index contributed by atoms with van der Waals surface area (Å²) in [5, 5.41) is 13.0. The lowest BCUT2D eigenvalue weighted by atomic mass is 10.00. The number of hydrogen-bond acceptors (Lipinski definition) is 7. The van der Waals surface area contributed by atoms with E-state index in [-0.39, 0.29) is 30.8 Å². The molecule has 0 unspecified atom stereocenters. The largest absolute Gasteiger partial charge is 0.379 e. The molecule has 2 amide bonds. The van der Waals surface area contributed by atoms with Gasteiger partial charge in [-0.3, -0.25) is 14.5 Å². The molecular formula is C25H23ClFN5O3S. The molecule has 0 aliphatic carbocycles.